The van der Waals surface area contributed by atoms with Crippen LogP contribution in [0.15, 0.2) is 70.9 Å². The Labute approximate surface area is 198 Å². The Hall–Kier alpha value is -4.00. The molecule has 1 aliphatic heterocycles. The van der Waals surface area contributed by atoms with Crippen molar-refractivity contribution in [2.24, 2.45) is 0 Å². The van der Waals surface area contributed by atoms with Gasteiger partial charge in [0.25, 0.3) is 11.7 Å². The Bertz CT molecular complexity index is 1220. The van der Waals surface area contributed by atoms with Crippen LogP contribution in [0.3, 0.4) is 0 Å². The predicted molar refractivity (Wildman–Crippen MR) is 127 cm³/mol. The Morgan fingerprint density at radius 3 is 2.38 bits per heavy atom. The summed E-state index contributed by atoms with van der Waals surface area (Å²) in [4.78, 5) is 27.8. The van der Waals surface area contributed by atoms with E-state index in [0.717, 1.165) is 5.56 Å². The van der Waals surface area contributed by atoms with E-state index in [4.69, 9.17) is 13.9 Å². The van der Waals surface area contributed by atoms with E-state index in [1.165, 1.54) is 25.4 Å². The van der Waals surface area contributed by atoms with Crippen LogP contribution in [0.5, 0.6) is 11.5 Å². The van der Waals surface area contributed by atoms with Crippen molar-refractivity contribution in [1.29, 1.82) is 0 Å². The number of ketones is 1. The summed E-state index contributed by atoms with van der Waals surface area (Å²) in [6.07, 6.45) is 1.51. The molecule has 2 heterocycles. The van der Waals surface area contributed by atoms with Gasteiger partial charge in [0, 0.05) is 6.07 Å². The van der Waals surface area contributed by atoms with Crippen molar-refractivity contribution in [3.05, 3.63) is 88.9 Å². The van der Waals surface area contributed by atoms with Gasteiger partial charge in [-0.25, -0.2) is 0 Å². The normalized spacial score (nSPS) is 17.4. The molecule has 2 aromatic carbocycles. The number of methoxy groups -OCH3 is 2. The molecule has 7 nitrogen and oxygen atoms in total. The molecule has 1 atom stereocenters. The third-order valence-corrected chi connectivity index (χ3v) is 6.03. The average molecular weight is 462 g/mol. The van der Waals surface area contributed by atoms with Crippen molar-refractivity contribution < 1.29 is 28.6 Å². The zero-order valence-electron chi connectivity index (χ0n) is 19.6. The second-order valence-corrected chi connectivity index (χ2v) is 8.39. The van der Waals surface area contributed by atoms with Gasteiger partial charge in [-0.3, -0.25) is 9.59 Å². The molecule has 1 aliphatic rings. The highest BCUT2D eigenvalue weighted by Gasteiger charge is 2.46. The third-order valence-electron chi connectivity index (χ3n) is 6.03. The smallest absolute Gasteiger partial charge is 0.296 e. The van der Waals surface area contributed by atoms with E-state index in [-0.39, 0.29) is 17.9 Å². The zero-order chi connectivity index (χ0) is 24.4. The molecule has 34 heavy (non-hydrogen) atoms. The highest BCUT2D eigenvalue weighted by atomic mass is 16.5. The second kappa shape index (κ2) is 9.47. The van der Waals surface area contributed by atoms with Gasteiger partial charge in [0.05, 0.1) is 44.2 Å². The number of hydrogen-bond donors (Lipinski definition) is 1. The maximum atomic E-state index is 13.2. The molecule has 0 saturated carbocycles. The van der Waals surface area contributed by atoms with Crippen molar-refractivity contribution in [2.75, 3.05) is 14.2 Å². The monoisotopic (exact) mass is 461 g/mol. The molecule has 1 saturated heterocycles. The molecule has 0 bridgehead atoms. The zero-order valence-corrected chi connectivity index (χ0v) is 19.6. The summed E-state index contributed by atoms with van der Waals surface area (Å²) >= 11 is 0. The van der Waals surface area contributed by atoms with E-state index in [2.05, 4.69) is 13.8 Å². The molecule has 3 aromatic rings. The topological polar surface area (TPSA) is 89.2 Å². The number of hydrogen-bond acceptors (Lipinski definition) is 6. The Morgan fingerprint density at radius 2 is 1.79 bits per heavy atom. The number of furan rings is 1. The Balaban J connectivity index is 1.88. The molecule has 0 aliphatic carbocycles. The number of Topliss-reactive ketones (excluding diaryl/α,β-unsaturated/α-hetero) is 1. The van der Waals surface area contributed by atoms with Crippen LogP contribution in [-0.2, 0) is 16.1 Å². The van der Waals surface area contributed by atoms with Crippen LogP contribution in [0, 0.1) is 0 Å². The van der Waals surface area contributed by atoms with Crippen molar-refractivity contribution in [3.63, 3.8) is 0 Å². The van der Waals surface area contributed by atoms with Crippen molar-refractivity contribution in [2.45, 2.75) is 32.4 Å². The van der Waals surface area contributed by atoms with Crippen LogP contribution in [0.1, 0.15) is 48.3 Å². The first-order chi connectivity index (χ1) is 16.3. The minimum atomic E-state index is -0.793. The summed E-state index contributed by atoms with van der Waals surface area (Å²) in [5.41, 5.74) is 2.13. The molecular weight excluding hydrogens is 434 g/mol. The summed E-state index contributed by atoms with van der Waals surface area (Å²) < 4.78 is 16.1. The molecule has 0 spiro atoms. The number of benzene rings is 2. The fraction of sp³-hybridized carbons (Fsp3) is 0.259. The largest absolute Gasteiger partial charge is 0.507 e. The molecule has 1 fully saturated rings. The number of ether oxygens (including phenoxy) is 2. The fourth-order valence-corrected chi connectivity index (χ4v) is 4.16. The molecule has 1 unspecified atom stereocenters. The van der Waals surface area contributed by atoms with Gasteiger partial charge in [0.1, 0.15) is 23.0 Å². The Morgan fingerprint density at radius 1 is 1.06 bits per heavy atom. The van der Waals surface area contributed by atoms with Gasteiger partial charge < -0.3 is 23.9 Å². The van der Waals surface area contributed by atoms with Gasteiger partial charge in [0.2, 0.25) is 0 Å². The lowest BCUT2D eigenvalue weighted by Crippen LogP contribution is -2.29. The summed E-state index contributed by atoms with van der Waals surface area (Å²) in [6.45, 7) is 4.27. The summed E-state index contributed by atoms with van der Waals surface area (Å²) in [6, 6.07) is 15.3. The van der Waals surface area contributed by atoms with Crippen molar-refractivity contribution in [3.8, 4) is 11.5 Å². The minimum Gasteiger partial charge on any atom is -0.507 e. The first-order valence-electron chi connectivity index (χ1n) is 11.0. The van der Waals surface area contributed by atoms with Crippen LogP contribution < -0.4 is 9.47 Å². The number of amides is 1. The van der Waals surface area contributed by atoms with Crippen LogP contribution >= 0.6 is 0 Å². The summed E-state index contributed by atoms with van der Waals surface area (Å²) in [5, 5.41) is 11.3. The van der Waals surface area contributed by atoms with E-state index in [1.54, 1.807) is 30.3 Å². The molecule has 0 radical (unpaired) electrons. The number of rotatable bonds is 7. The van der Waals surface area contributed by atoms with E-state index < -0.39 is 17.7 Å². The lowest BCUT2D eigenvalue weighted by atomic mass is 9.93. The molecule has 176 valence electrons. The molecule has 7 heteroatoms. The van der Waals surface area contributed by atoms with E-state index in [0.29, 0.717) is 34.3 Å². The van der Waals surface area contributed by atoms with Crippen molar-refractivity contribution >= 4 is 17.4 Å². The van der Waals surface area contributed by atoms with Gasteiger partial charge in [-0.2, -0.15) is 0 Å². The number of carbonyl (C=O) groups excluding carboxylic acids is 2. The standard InChI is InChI=1S/C27H27NO6/c1-16(2)17-7-9-18(10-8-17)24-23(25(29)21-12-11-19(32-3)14-22(21)33-4)26(30)27(31)28(24)15-20-6-5-13-34-20/h5-14,16,24,29H,15H2,1-4H3/b25-23-. The quantitative estimate of drug-likeness (QED) is 0.301. The molecule has 1 aromatic heterocycles. The number of aliphatic hydroxyl groups excluding tert-OH is 1. The first kappa shape index (κ1) is 23.2. The predicted octanol–water partition coefficient (Wildman–Crippen LogP) is 5.04. The average Bonchev–Trinajstić information content (AvgIpc) is 3.45. The van der Waals surface area contributed by atoms with Crippen LogP contribution in [0.4, 0.5) is 0 Å². The molecule has 4 rings (SSSR count). The van der Waals surface area contributed by atoms with Gasteiger partial charge in [-0.1, -0.05) is 38.1 Å². The number of carbonyl (C=O) groups is 2. The number of nitrogens with zero attached hydrogens (tertiary/aromatic N) is 1. The Kier molecular flexibility index (Phi) is 6.45. The van der Waals surface area contributed by atoms with Gasteiger partial charge in [0.15, 0.2) is 0 Å². The number of likely N-dealkylation sites (tertiary alicyclic amines) is 1. The second-order valence-electron chi connectivity index (χ2n) is 8.39. The molecular formula is C27H27NO6. The third kappa shape index (κ3) is 4.17. The van der Waals surface area contributed by atoms with Gasteiger partial charge in [-0.15, -0.1) is 0 Å². The maximum absolute atomic E-state index is 13.2. The maximum Gasteiger partial charge on any atom is 0.296 e. The highest BCUT2D eigenvalue weighted by Crippen LogP contribution is 2.42. The van der Waals surface area contributed by atoms with Crippen LogP contribution in [0.2, 0.25) is 0 Å². The van der Waals surface area contributed by atoms with Gasteiger partial charge >= 0.3 is 0 Å². The summed E-state index contributed by atoms with van der Waals surface area (Å²) in [7, 11) is 2.98. The van der Waals surface area contributed by atoms with E-state index >= 15 is 0 Å². The fourth-order valence-electron chi connectivity index (χ4n) is 4.16. The highest BCUT2D eigenvalue weighted by molar-refractivity contribution is 6.46. The van der Waals surface area contributed by atoms with Crippen LogP contribution in [-0.4, -0.2) is 35.9 Å². The van der Waals surface area contributed by atoms with E-state index in [1.807, 2.05) is 24.3 Å². The summed E-state index contributed by atoms with van der Waals surface area (Å²) in [5.74, 6) is -0.0590. The van der Waals surface area contributed by atoms with Crippen LogP contribution in [0.25, 0.3) is 5.76 Å². The first-order valence-corrected chi connectivity index (χ1v) is 11.0. The number of aliphatic hydroxyl groups is 1. The molecule has 1 amide bonds. The molecule has 1 N–H and O–H groups in total. The lowest BCUT2D eigenvalue weighted by Gasteiger charge is -2.25. The van der Waals surface area contributed by atoms with Crippen molar-refractivity contribution in [1.82, 2.24) is 4.90 Å². The minimum absolute atomic E-state index is 0.00248. The lowest BCUT2D eigenvalue weighted by molar-refractivity contribution is -0.140. The SMILES string of the molecule is COc1ccc(/C(O)=C2/C(=O)C(=O)N(Cc3ccco3)C2c2ccc(C(C)C)cc2)c(OC)c1. The van der Waals surface area contributed by atoms with E-state index in [9.17, 15) is 14.7 Å². The van der Waals surface area contributed by atoms with Gasteiger partial charge in [-0.05, 0) is 41.3 Å².